The Balaban J connectivity index is 2.06. The molecule has 0 radical (unpaired) electrons. The van der Waals surface area contributed by atoms with Gasteiger partial charge in [0.25, 0.3) is 0 Å². The maximum Gasteiger partial charge on any atom is 0.227 e. The SMILES string of the molecule is CC(C)CC(Cc1ccccc1)C(=O)Nc1ccccc1. The van der Waals surface area contributed by atoms with Crippen molar-refractivity contribution in [1.29, 1.82) is 0 Å². The predicted molar refractivity (Wildman–Crippen MR) is 88.2 cm³/mol. The molecule has 1 amide bonds. The van der Waals surface area contributed by atoms with Crippen LogP contribution < -0.4 is 5.32 Å². The van der Waals surface area contributed by atoms with Crippen LogP contribution in [0.4, 0.5) is 5.69 Å². The number of rotatable bonds is 6. The van der Waals surface area contributed by atoms with E-state index in [1.807, 2.05) is 48.5 Å². The lowest BCUT2D eigenvalue weighted by Gasteiger charge is -2.19. The highest BCUT2D eigenvalue weighted by atomic mass is 16.1. The Morgan fingerprint density at radius 3 is 2.10 bits per heavy atom. The highest BCUT2D eigenvalue weighted by Crippen LogP contribution is 2.19. The van der Waals surface area contributed by atoms with Crippen molar-refractivity contribution < 1.29 is 4.79 Å². The van der Waals surface area contributed by atoms with Crippen molar-refractivity contribution in [2.24, 2.45) is 11.8 Å². The van der Waals surface area contributed by atoms with Gasteiger partial charge < -0.3 is 5.32 Å². The molecule has 1 unspecified atom stereocenters. The third kappa shape index (κ3) is 5.07. The lowest BCUT2D eigenvalue weighted by Crippen LogP contribution is -2.26. The highest BCUT2D eigenvalue weighted by Gasteiger charge is 2.20. The molecule has 1 atom stereocenters. The number of benzene rings is 2. The number of hydrogen-bond acceptors (Lipinski definition) is 1. The minimum Gasteiger partial charge on any atom is -0.326 e. The summed E-state index contributed by atoms with van der Waals surface area (Å²) in [4.78, 5) is 12.5. The van der Waals surface area contributed by atoms with Crippen molar-refractivity contribution in [3.05, 3.63) is 66.2 Å². The molecule has 0 aliphatic carbocycles. The minimum absolute atomic E-state index is 0.00704. The molecule has 0 aromatic heterocycles. The summed E-state index contributed by atoms with van der Waals surface area (Å²) < 4.78 is 0. The summed E-state index contributed by atoms with van der Waals surface area (Å²) in [5, 5.41) is 3.03. The maximum atomic E-state index is 12.5. The van der Waals surface area contributed by atoms with Crippen LogP contribution in [0.5, 0.6) is 0 Å². The molecule has 2 nitrogen and oxygen atoms in total. The van der Waals surface area contributed by atoms with E-state index in [-0.39, 0.29) is 11.8 Å². The molecule has 2 rings (SSSR count). The standard InChI is InChI=1S/C19H23NO/c1-15(2)13-17(14-16-9-5-3-6-10-16)19(21)20-18-11-7-4-8-12-18/h3-12,15,17H,13-14H2,1-2H3,(H,20,21). The average Bonchev–Trinajstić information content (AvgIpc) is 2.48. The second-order valence-electron chi connectivity index (χ2n) is 5.87. The highest BCUT2D eigenvalue weighted by molar-refractivity contribution is 5.92. The number of nitrogens with one attached hydrogen (secondary N) is 1. The van der Waals surface area contributed by atoms with Gasteiger partial charge in [-0.05, 0) is 36.5 Å². The van der Waals surface area contributed by atoms with Crippen molar-refractivity contribution in [2.45, 2.75) is 26.7 Å². The summed E-state index contributed by atoms with van der Waals surface area (Å²) in [6, 6.07) is 19.9. The van der Waals surface area contributed by atoms with Crippen molar-refractivity contribution in [1.82, 2.24) is 0 Å². The van der Waals surface area contributed by atoms with E-state index in [0.717, 1.165) is 18.5 Å². The number of amides is 1. The molecule has 110 valence electrons. The van der Waals surface area contributed by atoms with Crippen molar-refractivity contribution in [3.8, 4) is 0 Å². The van der Waals surface area contributed by atoms with Crippen LogP contribution in [0.3, 0.4) is 0 Å². The fraction of sp³-hybridized carbons (Fsp3) is 0.316. The Bertz CT molecular complexity index is 548. The monoisotopic (exact) mass is 281 g/mol. The van der Waals surface area contributed by atoms with Gasteiger partial charge in [0.2, 0.25) is 5.91 Å². The van der Waals surface area contributed by atoms with Crippen LogP contribution in [0.25, 0.3) is 0 Å². The van der Waals surface area contributed by atoms with Crippen LogP contribution in [0, 0.1) is 11.8 Å². The summed E-state index contributed by atoms with van der Waals surface area (Å²) >= 11 is 0. The molecule has 1 N–H and O–H groups in total. The Morgan fingerprint density at radius 2 is 1.52 bits per heavy atom. The Hall–Kier alpha value is -2.09. The number of para-hydroxylation sites is 1. The minimum atomic E-state index is 0.00704. The number of anilines is 1. The Labute approximate surface area is 127 Å². The van der Waals surface area contributed by atoms with Gasteiger partial charge in [-0.3, -0.25) is 4.79 Å². The first-order valence-corrected chi connectivity index (χ1v) is 7.55. The molecule has 0 aliphatic heterocycles. The van der Waals surface area contributed by atoms with Gasteiger partial charge in [-0.2, -0.15) is 0 Å². The van der Waals surface area contributed by atoms with Crippen molar-refractivity contribution in [3.63, 3.8) is 0 Å². The smallest absolute Gasteiger partial charge is 0.227 e. The number of carbonyl (C=O) groups is 1. The summed E-state index contributed by atoms with van der Waals surface area (Å²) in [6.07, 6.45) is 1.69. The third-order valence-corrected chi connectivity index (χ3v) is 3.49. The van der Waals surface area contributed by atoms with Crippen LogP contribution in [-0.4, -0.2) is 5.91 Å². The quantitative estimate of drug-likeness (QED) is 0.828. The van der Waals surface area contributed by atoms with E-state index in [1.165, 1.54) is 5.56 Å². The molecule has 0 heterocycles. The maximum absolute atomic E-state index is 12.5. The molecular weight excluding hydrogens is 258 g/mol. The van der Waals surface area contributed by atoms with Crippen LogP contribution in [0.15, 0.2) is 60.7 Å². The fourth-order valence-electron chi connectivity index (χ4n) is 2.52. The van der Waals surface area contributed by atoms with Crippen LogP contribution in [0.2, 0.25) is 0 Å². The topological polar surface area (TPSA) is 29.1 Å². The zero-order valence-electron chi connectivity index (χ0n) is 12.8. The summed E-state index contributed by atoms with van der Waals surface area (Å²) in [5.41, 5.74) is 2.08. The Kier molecular flexibility index (Phi) is 5.56. The van der Waals surface area contributed by atoms with E-state index >= 15 is 0 Å². The Morgan fingerprint density at radius 1 is 0.952 bits per heavy atom. The molecule has 21 heavy (non-hydrogen) atoms. The van der Waals surface area contributed by atoms with E-state index in [9.17, 15) is 4.79 Å². The zero-order chi connectivity index (χ0) is 15.1. The lowest BCUT2D eigenvalue weighted by molar-refractivity contribution is -0.120. The molecule has 0 saturated heterocycles. The third-order valence-electron chi connectivity index (χ3n) is 3.49. The number of carbonyl (C=O) groups excluding carboxylic acids is 1. The summed E-state index contributed by atoms with van der Waals surface area (Å²) in [7, 11) is 0. The second kappa shape index (κ2) is 7.63. The fourth-order valence-corrected chi connectivity index (χ4v) is 2.52. The molecule has 0 spiro atoms. The first kappa shape index (κ1) is 15.3. The van der Waals surface area contributed by atoms with Gasteiger partial charge in [0.1, 0.15) is 0 Å². The molecular formula is C19H23NO. The normalized spacial score (nSPS) is 12.1. The molecule has 0 aliphatic rings. The van der Waals surface area contributed by atoms with E-state index in [0.29, 0.717) is 5.92 Å². The lowest BCUT2D eigenvalue weighted by atomic mass is 9.90. The molecule has 2 heteroatoms. The first-order valence-electron chi connectivity index (χ1n) is 7.55. The largest absolute Gasteiger partial charge is 0.326 e. The zero-order valence-corrected chi connectivity index (χ0v) is 12.8. The molecule has 0 fully saturated rings. The predicted octanol–water partition coefficient (Wildman–Crippen LogP) is 4.53. The molecule has 2 aromatic carbocycles. The van der Waals surface area contributed by atoms with E-state index < -0.39 is 0 Å². The molecule has 0 bridgehead atoms. The van der Waals surface area contributed by atoms with Gasteiger partial charge in [0, 0.05) is 11.6 Å². The van der Waals surface area contributed by atoms with Crippen LogP contribution in [0.1, 0.15) is 25.8 Å². The van der Waals surface area contributed by atoms with Crippen molar-refractivity contribution >= 4 is 11.6 Å². The van der Waals surface area contributed by atoms with E-state index in [2.05, 4.69) is 31.3 Å². The van der Waals surface area contributed by atoms with Crippen LogP contribution in [-0.2, 0) is 11.2 Å². The van der Waals surface area contributed by atoms with Gasteiger partial charge in [-0.15, -0.1) is 0 Å². The van der Waals surface area contributed by atoms with Gasteiger partial charge in [0.05, 0.1) is 0 Å². The van der Waals surface area contributed by atoms with E-state index in [1.54, 1.807) is 0 Å². The van der Waals surface area contributed by atoms with Gasteiger partial charge in [-0.25, -0.2) is 0 Å². The van der Waals surface area contributed by atoms with Crippen molar-refractivity contribution in [2.75, 3.05) is 5.32 Å². The first-order chi connectivity index (χ1) is 10.1. The summed E-state index contributed by atoms with van der Waals surface area (Å²) in [5.74, 6) is 0.617. The number of hydrogen-bond donors (Lipinski definition) is 1. The molecule has 2 aromatic rings. The summed E-state index contributed by atoms with van der Waals surface area (Å²) in [6.45, 7) is 4.32. The van der Waals surface area contributed by atoms with Gasteiger partial charge >= 0.3 is 0 Å². The second-order valence-corrected chi connectivity index (χ2v) is 5.87. The molecule has 0 saturated carbocycles. The average molecular weight is 281 g/mol. The van der Waals surface area contributed by atoms with E-state index in [4.69, 9.17) is 0 Å². The van der Waals surface area contributed by atoms with Gasteiger partial charge in [0.15, 0.2) is 0 Å². The van der Waals surface area contributed by atoms with Crippen LogP contribution >= 0.6 is 0 Å². The van der Waals surface area contributed by atoms with Gasteiger partial charge in [-0.1, -0.05) is 62.4 Å².